The number of anilines is 1. The predicted octanol–water partition coefficient (Wildman–Crippen LogP) is 1.56. The van der Waals surface area contributed by atoms with E-state index in [0.29, 0.717) is 12.1 Å². The number of aromatic nitrogens is 2. The maximum Gasteiger partial charge on any atom is 0.122 e. The van der Waals surface area contributed by atoms with Crippen LogP contribution in [0.4, 0.5) is 5.82 Å². The first-order valence-electron chi connectivity index (χ1n) is 5.27. The van der Waals surface area contributed by atoms with Crippen molar-refractivity contribution in [2.75, 3.05) is 5.32 Å². The summed E-state index contributed by atoms with van der Waals surface area (Å²) in [6.45, 7) is 4.42. The molecule has 0 saturated heterocycles. The Bertz CT molecular complexity index is 264. The van der Waals surface area contributed by atoms with Crippen molar-refractivity contribution in [1.29, 1.82) is 0 Å². The van der Waals surface area contributed by atoms with Gasteiger partial charge in [-0.25, -0.2) is 0 Å². The van der Waals surface area contributed by atoms with Crippen LogP contribution < -0.4 is 10.6 Å². The molecular weight excluding hydrogens is 176 g/mol. The topological polar surface area (TPSA) is 52.7 Å². The van der Waals surface area contributed by atoms with E-state index in [1.807, 2.05) is 6.07 Å². The van der Waals surface area contributed by atoms with Gasteiger partial charge in [-0.05, 0) is 24.8 Å². The number of aromatic amines is 1. The molecule has 1 saturated carbocycles. The maximum absolute atomic E-state index is 3.91. The van der Waals surface area contributed by atoms with Gasteiger partial charge in [0.1, 0.15) is 5.82 Å². The van der Waals surface area contributed by atoms with Crippen molar-refractivity contribution in [3.05, 3.63) is 12.3 Å². The summed E-state index contributed by atoms with van der Waals surface area (Å²) in [5.74, 6) is 1.55. The molecule has 78 valence electrons. The molecule has 0 radical (unpaired) electrons. The number of rotatable bonds is 5. The van der Waals surface area contributed by atoms with E-state index in [1.54, 1.807) is 6.20 Å². The van der Waals surface area contributed by atoms with Gasteiger partial charge < -0.3 is 5.32 Å². The van der Waals surface area contributed by atoms with Crippen molar-refractivity contribution >= 4 is 5.82 Å². The van der Waals surface area contributed by atoms with Gasteiger partial charge in [-0.15, -0.1) is 0 Å². The molecule has 0 aliphatic heterocycles. The fraction of sp³-hybridized carbons (Fsp3) is 0.700. The fourth-order valence-electron chi connectivity index (χ4n) is 1.41. The lowest BCUT2D eigenvalue weighted by molar-refractivity contribution is 0.434. The van der Waals surface area contributed by atoms with E-state index in [4.69, 9.17) is 0 Å². The van der Waals surface area contributed by atoms with Crippen molar-refractivity contribution in [1.82, 2.24) is 15.5 Å². The van der Waals surface area contributed by atoms with Crippen LogP contribution in [0.1, 0.15) is 26.7 Å². The fourth-order valence-corrected chi connectivity index (χ4v) is 1.41. The summed E-state index contributed by atoms with van der Waals surface area (Å²) >= 11 is 0. The Kier molecular flexibility index (Phi) is 2.72. The molecule has 1 fully saturated rings. The van der Waals surface area contributed by atoms with Gasteiger partial charge in [0.25, 0.3) is 0 Å². The maximum atomic E-state index is 3.91. The minimum atomic E-state index is 0.336. The zero-order valence-corrected chi connectivity index (χ0v) is 8.75. The molecule has 1 aliphatic carbocycles. The molecule has 0 spiro atoms. The average molecular weight is 194 g/mol. The third kappa shape index (κ3) is 2.48. The van der Waals surface area contributed by atoms with Gasteiger partial charge in [-0.2, -0.15) is 5.10 Å². The van der Waals surface area contributed by atoms with E-state index in [9.17, 15) is 0 Å². The van der Waals surface area contributed by atoms with Crippen molar-refractivity contribution in [2.45, 2.75) is 38.9 Å². The van der Waals surface area contributed by atoms with Crippen molar-refractivity contribution in [3.63, 3.8) is 0 Å². The first-order chi connectivity index (χ1) is 6.75. The lowest BCUT2D eigenvalue weighted by Crippen LogP contribution is -2.41. The predicted molar refractivity (Wildman–Crippen MR) is 57.0 cm³/mol. The first-order valence-corrected chi connectivity index (χ1v) is 5.27. The molecule has 4 heteroatoms. The zero-order valence-electron chi connectivity index (χ0n) is 8.75. The minimum absolute atomic E-state index is 0.336. The Labute approximate surface area is 84.5 Å². The first kappa shape index (κ1) is 9.52. The van der Waals surface area contributed by atoms with Gasteiger partial charge in [0.05, 0.1) is 12.4 Å². The highest BCUT2D eigenvalue weighted by molar-refractivity contribution is 5.33. The van der Waals surface area contributed by atoms with Crippen molar-refractivity contribution in [2.24, 2.45) is 5.92 Å². The van der Waals surface area contributed by atoms with Gasteiger partial charge >= 0.3 is 0 Å². The summed E-state index contributed by atoms with van der Waals surface area (Å²) in [6, 6.07) is 2.67. The summed E-state index contributed by atoms with van der Waals surface area (Å²) in [5, 5.41) is 13.8. The van der Waals surface area contributed by atoms with Crippen LogP contribution in [0.2, 0.25) is 0 Å². The highest BCUT2D eigenvalue weighted by atomic mass is 15.2. The normalized spacial score (nSPS) is 18.5. The van der Waals surface area contributed by atoms with E-state index in [0.717, 1.165) is 11.9 Å². The second-order valence-electron chi connectivity index (χ2n) is 4.28. The van der Waals surface area contributed by atoms with E-state index >= 15 is 0 Å². The van der Waals surface area contributed by atoms with Crippen LogP contribution in [-0.2, 0) is 0 Å². The second kappa shape index (κ2) is 4.00. The third-order valence-electron chi connectivity index (χ3n) is 2.47. The number of hydrogen-bond acceptors (Lipinski definition) is 3. The van der Waals surface area contributed by atoms with Gasteiger partial charge in [0, 0.05) is 6.04 Å². The van der Waals surface area contributed by atoms with E-state index in [-0.39, 0.29) is 0 Å². The molecule has 3 N–H and O–H groups in total. The van der Waals surface area contributed by atoms with E-state index < -0.39 is 0 Å². The van der Waals surface area contributed by atoms with E-state index in [1.165, 1.54) is 12.8 Å². The lowest BCUT2D eigenvalue weighted by atomic mass is 10.1. The number of nitrogens with zero attached hydrogens (tertiary/aromatic N) is 1. The Morgan fingerprint density at radius 1 is 1.50 bits per heavy atom. The second-order valence-corrected chi connectivity index (χ2v) is 4.28. The molecule has 1 heterocycles. The summed E-state index contributed by atoms with van der Waals surface area (Å²) in [5.41, 5.74) is 0. The lowest BCUT2D eigenvalue weighted by Gasteiger charge is -2.23. The molecule has 14 heavy (non-hydrogen) atoms. The van der Waals surface area contributed by atoms with Crippen molar-refractivity contribution < 1.29 is 0 Å². The summed E-state index contributed by atoms with van der Waals surface area (Å²) < 4.78 is 0. The highest BCUT2D eigenvalue weighted by Crippen LogP contribution is 2.21. The van der Waals surface area contributed by atoms with E-state index in [2.05, 4.69) is 34.7 Å². The molecule has 1 aliphatic rings. The van der Waals surface area contributed by atoms with Gasteiger partial charge in [-0.3, -0.25) is 10.4 Å². The van der Waals surface area contributed by atoms with Crippen LogP contribution in [0.25, 0.3) is 0 Å². The van der Waals surface area contributed by atoms with Crippen molar-refractivity contribution in [3.8, 4) is 0 Å². The molecule has 1 unspecified atom stereocenters. The van der Waals surface area contributed by atoms with Gasteiger partial charge in [0.2, 0.25) is 0 Å². The van der Waals surface area contributed by atoms with Crippen LogP contribution in [0.3, 0.4) is 0 Å². The average Bonchev–Trinajstić information content (AvgIpc) is 2.80. The van der Waals surface area contributed by atoms with Gasteiger partial charge in [0.15, 0.2) is 0 Å². The third-order valence-corrected chi connectivity index (χ3v) is 2.47. The summed E-state index contributed by atoms with van der Waals surface area (Å²) in [4.78, 5) is 0. The summed E-state index contributed by atoms with van der Waals surface area (Å²) in [7, 11) is 0. The Morgan fingerprint density at radius 2 is 2.29 bits per heavy atom. The number of hydrogen-bond donors (Lipinski definition) is 3. The Balaban J connectivity index is 1.89. The largest absolute Gasteiger partial charge is 0.355 e. The molecule has 4 nitrogen and oxygen atoms in total. The molecule has 0 amide bonds. The van der Waals surface area contributed by atoms with Crippen LogP contribution in [-0.4, -0.2) is 22.4 Å². The minimum Gasteiger partial charge on any atom is -0.355 e. The van der Waals surface area contributed by atoms with Crippen LogP contribution in [0.15, 0.2) is 12.3 Å². The molecule has 0 aromatic carbocycles. The Morgan fingerprint density at radius 3 is 2.79 bits per heavy atom. The van der Waals surface area contributed by atoms with Crippen LogP contribution in [0, 0.1) is 5.92 Å². The highest BCUT2D eigenvalue weighted by Gasteiger charge is 2.25. The SMILES string of the molecule is CC(C)C(Nc1ccn[nH]1)NC1CC1. The molecule has 0 bridgehead atoms. The molecule has 1 aromatic rings. The van der Waals surface area contributed by atoms with Gasteiger partial charge in [-0.1, -0.05) is 13.8 Å². The quantitative estimate of drug-likeness (QED) is 0.623. The monoisotopic (exact) mass is 194 g/mol. The summed E-state index contributed by atoms with van der Waals surface area (Å²) in [6.07, 6.45) is 4.72. The zero-order chi connectivity index (χ0) is 9.97. The molecule has 1 aromatic heterocycles. The van der Waals surface area contributed by atoms with Crippen LogP contribution in [0.5, 0.6) is 0 Å². The van der Waals surface area contributed by atoms with Crippen LogP contribution >= 0.6 is 0 Å². The molecule has 1 atom stereocenters. The standard InChI is InChI=1S/C10H18N4/c1-7(2)10(12-8-3-4-8)13-9-5-6-11-14-9/h5-8,10,12H,3-4H2,1-2H3,(H2,11,13,14). The molecule has 2 rings (SSSR count). The molecular formula is C10H18N4. The number of nitrogens with one attached hydrogen (secondary N) is 3. The smallest absolute Gasteiger partial charge is 0.122 e. The number of H-pyrrole nitrogens is 1. The Hall–Kier alpha value is -1.03.